The number of para-hydroxylation sites is 1. The van der Waals surface area contributed by atoms with Crippen molar-refractivity contribution in [3.05, 3.63) is 81.5 Å². The van der Waals surface area contributed by atoms with Gasteiger partial charge in [-0.25, -0.2) is 14.5 Å². The lowest BCUT2D eigenvalue weighted by molar-refractivity contribution is 0.0945. The molecule has 5 heterocycles. The molecule has 11 heteroatoms. The van der Waals surface area contributed by atoms with Crippen molar-refractivity contribution in [2.24, 2.45) is 5.41 Å². The summed E-state index contributed by atoms with van der Waals surface area (Å²) < 4.78 is 3.14. The molecule has 41 heavy (non-hydrogen) atoms. The fraction of sp³-hybridized carbons (Fsp3) is 0.333. The van der Waals surface area contributed by atoms with E-state index in [1.54, 1.807) is 35.0 Å². The predicted octanol–water partition coefficient (Wildman–Crippen LogP) is 5.79. The van der Waals surface area contributed by atoms with Crippen molar-refractivity contribution in [1.82, 2.24) is 28.8 Å². The zero-order valence-corrected chi connectivity index (χ0v) is 24.2. The minimum atomic E-state index is -0.354. The molecular formula is C30H30Cl2N8O. The first-order valence-corrected chi connectivity index (χ1v) is 14.7. The number of rotatable bonds is 4. The molecular weight excluding hydrogens is 559 g/mol. The van der Waals surface area contributed by atoms with Gasteiger partial charge in [-0.3, -0.25) is 9.20 Å². The monoisotopic (exact) mass is 588 g/mol. The lowest BCUT2D eigenvalue weighted by Crippen LogP contribution is -2.46. The molecule has 2 aliphatic heterocycles. The minimum absolute atomic E-state index is 0.319. The highest BCUT2D eigenvalue weighted by Crippen LogP contribution is 2.42. The average Bonchev–Trinajstić information content (AvgIpc) is 3.47. The Morgan fingerprint density at radius 1 is 0.902 bits per heavy atom. The van der Waals surface area contributed by atoms with Gasteiger partial charge in [0.2, 0.25) is 11.7 Å². The van der Waals surface area contributed by atoms with Gasteiger partial charge in [0.25, 0.3) is 5.56 Å². The number of benzene rings is 2. The second kappa shape index (κ2) is 10.3. The van der Waals surface area contributed by atoms with Crippen molar-refractivity contribution in [2.45, 2.75) is 25.7 Å². The quantitative estimate of drug-likeness (QED) is 0.284. The number of nitrogens with zero attached hydrogens (tertiary/aromatic N) is 7. The standard InChI is InChI=1S/C30H30Cl2N8O/c1-37-14-9-30(10-15-37)11-16-38(17-12-30)21-7-5-20(6-8-21)35-28-34-19-22-26(36-28)39-18-13-33-29(39)40(27(22)41)25-23(31)3-2-4-24(25)32/h2-8,13,18-19H,9-12,14-17H2,1H3,(H,34,35,36). The SMILES string of the molecule is CN1CCC2(CC1)CCN(c1ccc(Nc3ncc4c(=O)n(-c5c(Cl)cccc5Cl)c5nccn5c4n3)cc1)CC2. The molecule has 2 aliphatic rings. The van der Waals surface area contributed by atoms with E-state index in [1.807, 2.05) is 12.1 Å². The van der Waals surface area contributed by atoms with Crippen LogP contribution in [0.4, 0.5) is 17.3 Å². The van der Waals surface area contributed by atoms with Crippen LogP contribution in [-0.4, -0.2) is 62.0 Å². The third kappa shape index (κ3) is 4.71. The molecule has 2 fully saturated rings. The molecule has 210 valence electrons. The van der Waals surface area contributed by atoms with Gasteiger partial charge in [-0.05, 0) is 87.6 Å². The topological polar surface area (TPSA) is 83.6 Å². The van der Waals surface area contributed by atoms with E-state index in [9.17, 15) is 4.79 Å². The Morgan fingerprint density at radius 3 is 2.29 bits per heavy atom. The molecule has 0 saturated carbocycles. The highest BCUT2D eigenvalue weighted by atomic mass is 35.5. The van der Waals surface area contributed by atoms with E-state index in [0.717, 1.165) is 18.8 Å². The Hall–Kier alpha value is -3.66. The van der Waals surface area contributed by atoms with E-state index in [-0.39, 0.29) is 5.56 Å². The van der Waals surface area contributed by atoms with Crippen molar-refractivity contribution in [3.63, 3.8) is 0 Å². The van der Waals surface area contributed by atoms with Crippen molar-refractivity contribution >= 4 is 57.3 Å². The fourth-order valence-corrected chi connectivity index (χ4v) is 6.79. The van der Waals surface area contributed by atoms with Crippen molar-refractivity contribution in [1.29, 1.82) is 0 Å². The summed E-state index contributed by atoms with van der Waals surface area (Å²) in [7, 11) is 2.23. The molecule has 0 atom stereocenters. The summed E-state index contributed by atoms with van der Waals surface area (Å²) in [4.78, 5) is 32.1. The number of nitrogens with one attached hydrogen (secondary N) is 1. The molecule has 5 aromatic rings. The highest BCUT2D eigenvalue weighted by molar-refractivity contribution is 6.37. The summed E-state index contributed by atoms with van der Waals surface area (Å²) in [6.07, 6.45) is 10.0. The number of halogens is 2. The molecule has 1 spiro atoms. The average molecular weight is 590 g/mol. The minimum Gasteiger partial charge on any atom is -0.371 e. The molecule has 0 radical (unpaired) electrons. The van der Waals surface area contributed by atoms with E-state index in [4.69, 9.17) is 23.2 Å². The lowest BCUT2D eigenvalue weighted by atomic mass is 9.71. The van der Waals surface area contributed by atoms with Gasteiger partial charge in [0.05, 0.1) is 15.7 Å². The van der Waals surface area contributed by atoms with Gasteiger partial charge in [-0.15, -0.1) is 0 Å². The summed E-state index contributed by atoms with van der Waals surface area (Å²) in [6.45, 7) is 4.63. The van der Waals surface area contributed by atoms with Crippen LogP contribution in [0.3, 0.4) is 0 Å². The normalized spacial score (nSPS) is 17.5. The Balaban J connectivity index is 1.13. The van der Waals surface area contributed by atoms with E-state index < -0.39 is 0 Å². The Kier molecular flexibility index (Phi) is 6.60. The summed E-state index contributed by atoms with van der Waals surface area (Å²) in [5, 5.41) is 4.30. The smallest absolute Gasteiger partial charge is 0.270 e. The lowest BCUT2D eigenvalue weighted by Gasteiger charge is -2.46. The Labute approximate surface area is 247 Å². The largest absolute Gasteiger partial charge is 0.371 e. The molecule has 0 unspecified atom stereocenters. The van der Waals surface area contributed by atoms with E-state index in [1.165, 1.54) is 55.2 Å². The van der Waals surface area contributed by atoms with E-state index in [0.29, 0.717) is 43.9 Å². The van der Waals surface area contributed by atoms with Crippen molar-refractivity contribution in [3.8, 4) is 5.69 Å². The summed E-state index contributed by atoms with van der Waals surface area (Å²) in [6, 6.07) is 13.5. The number of likely N-dealkylation sites (tertiary alicyclic amines) is 1. The summed E-state index contributed by atoms with van der Waals surface area (Å²) in [5.74, 6) is 0.741. The van der Waals surface area contributed by atoms with Gasteiger partial charge in [-0.1, -0.05) is 29.3 Å². The third-order valence-electron chi connectivity index (χ3n) is 8.77. The Bertz CT molecular complexity index is 1780. The van der Waals surface area contributed by atoms with Crippen LogP contribution in [0.2, 0.25) is 10.0 Å². The van der Waals surface area contributed by atoms with Gasteiger partial charge in [0.1, 0.15) is 5.39 Å². The van der Waals surface area contributed by atoms with E-state index >= 15 is 0 Å². The van der Waals surface area contributed by atoms with Crippen molar-refractivity contribution in [2.75, 3.05) is 43.4 Å². The first kappa shape index (κ1) is 26.3. The van der Waals surface area contributed by atoms with E-state index in [2.05, 4.69) is 49.2 Å². The second-order valence-corrected chi connectivity index (χ2v) is 12.0. The van der Waals surface area contributed by atoms with Gasteiger partial charge < -0.3 is 15.1 Å². The molecule has 2 saturated heterocycles. The van der Waals surface area contributed by atoms with Crippen LogP contribution < -0.4 is 15.8 Å². The molecule has 0 bridgehead atoms. The molecule has 2 aromatic carbocycles. The van der Waals surface area contributed by atoms with Gasteiger partial charge in [-0.2, -0.15) is 4.98 Å². The molecule has 0 aliphatic carbocycles. The number of hydrogen-bond donors (Lipinski definition) is 1. The maximum Gasteiger partial charge on any atom is 0.270 e. The van der Waals surface area contributed by atoms with Crippen LogP contribution in [0.5, 0.6) is 0 Å². The maximum atomic E-state index is 13.6. The third-order valence-corrected chi connectivity index (χ3v) is 9.38. The molecule has 3 aromatic heterocycles. The summed E-state index contributed by atoms with van der Waals surface area (Å²) >= 11 is 12.9. The summed E-state index contributed by atoms with van der Waals surface area (Å²) in [5.41, 5.74) is 3.09. The first-order chi connectivity index (χ1) is 19.9. The van der Waals surface area contributed by atoms with Gasteiger partial charge in [0.15, 0.2) is 5.65 Å². The number of fused-ring (bicyclic) bond motifs is 3. The number of hydrogen-bond acceptors (Lipinski definition) is 7. The maximum absolute atomic E-state index is 13.6. The van der Waals surface area contributed by atoms with Crippen LogP contribution in [0.15, 0.2) is 65.8 Å². The van der Waals surface area contributed by atoms with Crippen LogP contribution in [0, 0.1) is 5.41 Å². The predicted molar refractivity (Wildman–Crippen MR) is 164 cm³/mol. The Morgan fingerprint density at radius 2 is 1.59 bits per heavy atom. The second-order valence-electron chi connectivity index (χ2n) is 11.2. The zero-order valence-electron chi connectivity index (χ0n) is 22.7. The first-order valence-electron chi connectivity index (χ1n) is 13.9. The number of piperidine rings is 2. The van der Waals surface area contributed by atoms with Crippen molar-refractivity contribution < 1.29 is 0 Å². The molecule has 0 amide bonds. The number of anilines is 3. The van der Waals surface area contributed by atoms with Gasteiger partial charge >= 0.3 is 0 Å². The van der Waals surface area contributed by atoms with Crippen LogP contribution >= 0.6 is 23.2 Å². The number of aromatic nitrogens is 5. The molecule has 9 nitrogen and oxygen atoms in total. The van der Waals surface area contributed by atoms with Crippen LogP contribution in [0.25, 0.3) is 22.5 Å². The zero-order chi connectivity index (χ0) is 28.1. The molecule has 7 rings (SSSR count). The van der Waals surface area contributed by atoms with Crippen LogP contribution in [-0.2, 0) is 0 Å². The fourth-order valence-electron chi connectivity index (χ4n) is 6.23. The highest BCUT2D eigenvalue weighted by Gasteiger charge is 2.36. The molecule has 1 N–H and O–H groups in total. The van der Waals surface area contributed by atoms with Gasteiger partial charge in [0, 0.05) is 43.1 Å². The van der Waals surface area contributed by atoms with Crippen LogP contribution in [0.1, 0.15) is 25.7 Å². The number of imidazole rings is 1.